The monoisotopic (exact) mass is 343 g/mol. The highest BCUT2D eigenvalue weighted by molar-refractivity contribution is 9.10. The molecule has 2 saturated heterocycles. The average molecular weight is 345 g/mol. The summed E-state index contributed by atoms with van der Waals surface area (Å²) < 4.78 is 0.867. The van der Waals surface area contributed by atoms with Gasteiger partial charge in [-0.15, -0.1) is 0 Å². The molecule has 1 aromatic heterocycles. The minimum absolute atomic E-state index is 0.111. The average Bonchev–Trinajstić information content (AvgIpc) is 2.83. The van der Waals surface area contributed by atoms with Crippen molar-refractivity contribution in [2.75, 3.05) is 31.1 Å². The van der Waals surface area contributed by atoms with Gasteiger partial charge in [-0.1, -0.05) is 11.6 Å². The third kappa shape index (κ3) is 2.58. The van der Waals surface area contributed by atoms with E-state index >= 15 is 0 Å². The lowest BCUT2D eigenvalue weighted by Gasteiger charge is -2.41. The fraction of sp³-hybridized carbons (Fsp3) is 0.538. The van der Waals surface area contributed by atoms with Crippen LogP contribution in [0, 0.1) is 5.92 Å². The summed E-state index contributed by atoms with van der Waals surface area (Å²) in [6.45, 7) is 3.30. The summed E-state index contributed by atoms with van der Waals surface area (Å²) in [5.74, 6) is 1.18. The van der Waals surface area contributed by atoms with Gasteiger partial charge < -0.3 is 9.80 Å². The summed E-state index contributed by atoms with van der Waals surface area (Å²) in [5, 5.41) is 0.626. The van der Waals surface area contributed by atoms with Gasteiger partial charge in [0.2, 0.25) is 5.91 Å². The highest BCUT2D eigenvalue weighted by atomic mass is 79.9. The number of amides is 1. The van der Waals surface area contributed by atoms with E-state index in [1.54, 1.807) is 6.20 Å². The Morgan fingerprint density at radius 3 is 2.68 bits per heavy atom. The third-order valence-electron chi connectivity index (χ3n) is 3.74. The standard InChI is InChI=1S/C13H15BrClN3O/c14-10-5-11(15)12(16-6-10)18-7-9(8-18)13(19)17-3-1-2-4-17/h5-6,9H,1-4,7-8H2. The van der Waals surface area contributed by atoms with Crippen molar-refractivity contribution >= 4 is 39.3 Å². The summed E-state index contributed by atoms with van der Waals surface area (Å²) in [6, 6.07) is 1.83. The maximum Gasteiger partial charge on any atom is 0.229 e. The van der Waals surface area contributed by atoms with Crippen LogP contribution < -0.4 is 4.90 Å². The fourth-order valence-electron chi connectivity index (χ4n) is 2.64. The molecule has 0 radical (unpaired) electrons. The minimum Gasteiger partial charge on any atom is -0.354 e. The molecule has 0 unspecified atom stereocenters. The maximum absolute atomic E-state index is 12.2. The molecule has 0 aliphatic carbocycles. The van der Waals surface area contributed by atoms with E-state index in [0.717, 1.165) is 49.3 Å². The van der Waals surface area contributed by atoms with Gasteiger partial charge in [-0.3, -0.25) is 4.79 Å². The predicted molar refractivity (Wildman–Crippen MR) is 78.5 cm³/mol. The van der Waals surface area contributed by atoms with E-state index in [4.69, 9.17) is 11.6 Å². The number of pyridine rings is 1. The first-order valence-electron chi connectivity index (χ1n) is 6.50. The van der Waals surface area contributed by atoms with E-state index in [-0.39, 0.29) is 5.92 Å². The van der Waals surface area contributed by atoms with Gasteiger partial charge in [-0.2, -0.15) is 0 Å². The van der Waals surface area contributed by atoms with Gasteiger partial charge >= 0.3 is 0 Å². The van der Waals surface area contributed by atoms with E-state index in [1.165, 1.54) is 0 Å². The third-order valence-corrected chi connectivity index (χ3v) is 4.45. The van der Waals surface area contributed by atoms with E-state index < -0.39 is 0 Å². The Morgan fingerprint density at radius 1 is 1.37 bits per heavy atom. The molecule has 1 aromatic rings. The van der Waals surface area contributed by atoms with Crippen LogP contribution in [-0.4, -0.2) is 42.0 Å². The number of hydrogen-bond acceptors (Lipinski definition) is 3. The topological polar surface area (TPSA) is 36.4 Å². The van der Waals surface area contributed by atoms with Crippen molar-refractivity contribution in [1.29, 1.82) is 0 Å². The number of halogens is 2. The number of carbonyl (C=O) groups is 1. The number of likely N-dealkylation sites (tertiary alicyclic amines) is 1. The zero-order chi connectivity index (χ0) is 13.4. The molecule has 0 atom stereocenters. The largest absolute Gasteiger partial charge is 0.354 e. The minimum atomic E-state index is 0.111. The summed E-state index contributed by atoms with van der Waals surface area (Å²) >= 11 is 9.50. The van der Waals surface area contributed by atoms with Crippen molar-refractivity contribution in [1.82, 2.24) is 9.88 Å². The van der Waals surface area contributed by atoms with Crippen LogP contribution in [-0.2, 0) is 4.79 Å². The number of hydrogen-bond donors (Lipinski definition) is 0. The second-order valence-corrected chi connectivity index (χ2v) is 6.42. The van der Waals surface area contributed by atoms with Gasteiger partial charge in [0.15, 0.2) is 0 Å². The zero-order valence-corrected chi connectivity index (χ0v) is 12.8. The smallest absolute Gasteiger partial charge is 0.229 e. The molecule has 2 aliphatic heterocycles. The molecule has 4 nitrogen and oxygen atoms in total. The van der Waals surface area contributed by atoms with Crippen LogP contribution in [0.5, 0.6) is 0 Å². The molecular weight excluding hydrogens is 330 g/mol. The Morgan fingerprint density at radius 2 is 2.05 bits per heavy atom. The van der Waals surface area contributed by atoms with Crippen molar-refractivity contribution in [2.24, 2.45) is 5.92 Å². The lowest BCUT2D eigenvalue weighted by molar-refractivity contribution is -0.135. The first-order chi connectivity index (χ1) is 9.15. The van der Waals surface area contributed by atoms with Crippen LogP contribution in [0.4, 0.5) is 5.82 Å². The molecule has 2 fully saturated rings. The summed E-state index contributed by atoms with van der Waals surface area (Å²) in [5.41, 5.74) is 0. The van der Waals surface area contributed by atoms with Crippen LogP contribution in [0.3, 0.4) is 0 Å². The van der Waals surface area contributed by atoms with E-state index in [9.17, 15) is 4.79 Å². The van der Waals surface area contributed by atoms with Crippen LogP contribution >= 0.6 is 27.5 Å². The quantitative estimate of drug-likeness (QED) is 0.827. The first kappa shape index (κ1) is 13.2. The van der Waals surface area contributed by atoms with Crippen LogP contribution in [0.15, 0.2) is 16.7 Å². The van der Waals surface area contributed by atoms with Crippen molar-refractivity contribution in [3.05, 3.63) is 21.8 Å². The fourth-order valence-corrected chi connectivity index (χ4v) is 3.39. The van der Waals surface area contributed by atoms with Gasteiger partial charge in [0.05, 0.1) is 10.9 Å². The van der Waals surface area contributed by atoms with Gasteiger partial charge in [0.25, 0.3) is 0 Å². The number of carbonyl (C=O) groups excluding carboxylic acids is 1. The molecule has 0 aromatic carbocycles. The summed E-state index contributed by atoms with van der Waals surface area (Å²) in [4.78, 5) is 20.5. The maximum atomic E-state index is 12.2. The van der Waals surface area contributed by atoms with E-state index in [1.807, 2.05) is 11.0 Å². The number of anilines is 1. The number of aromatic nitrogens is 1. The second-order valence-electron chi connectivity index (χ2n) is 5.09. The van der Waals surface area contributed by atoms with Gasteiger partial charge in [-0.25, -0.2) is 4.98 Å². The second kappa shape index (κ2) is 5.29. The molecular formula is C13H15BrClN3O. The predicted octanol–water partition coefficient (Wildman–Crippen LogP) is 2.56. The van der Waals surface area contributed by atoms with Gasteiger partial charge in [-0.05, 0) is 34.8 Å². The first-order valence-corrected chi connectivity index (χ1v) is 7.67. The molecule has 102 valence electrons. The molecule has 0 spiro atoms. The molecule has 0 N–H and O–H groups in total. The zero-order valence-electron chi connectivity index (χ0n) is 10.5. The van der Waals surface area contributed by atoms with E-state index in [2.05, 4.69) is 25.8 Å². The summed E-state index contributed by atoms with van der Waals surface area (Å²) in [7, 11) is 0. The SMILES string of the molecule is O=C(C1CN(c2ncc(Br)cc2Cl)C1)N1CCCC1. The summed E-state index contributed by atoms with van der Waals surface area (Å²) in [6.07, 6.45) is 4.02. The Kier molecular flexibility index (Phi) is 3.67. The molecule has 3 heterocycles. The highest BCUT2D eigenvalue weighted by Crippen LogP contribution is 2.32. The molecule has 6 heteroatoms. The molecule has 3 rings (SSSR count). The van der Waals surface area contributed by atoms with E-state index in [0.29, 0.717) is 10.9 Å². The molecule has 0 saturated carbocycles. The lowest BCUT2D eigenvalue weighted by atomic mass is 9.98. The molecule has 19 heavy (non-hydrogen) atoms. The Labute approximate surface area is 125 Å². The molecule has 1 amide bonds. The van der Waals surface area contributed by atoms with Crippen LogP contribution in [0.2, 0.25) is 5.02 Å². The highest BCUT2D eigenvalue weighted by Gasteiger charge is 2.37. The van der Waals surface area contributed by atoms with Crippen molar-refractivity contribution < 1.29 is 4.79 Å². The van der Waals surface area contributed by atoms with Crippen molar-refractivity contribution in [2.45, 2.75) is 12.8 Å². The van der Waals surface area contributed by atoms with Crippen molar-refractivity contribution in [3.8, 4) is 0 Å². The van der Waals surface area contributed by atoms with Gasteiger partial charge in [0.1, 0.15) is 5.82 Å². The van der Waals surface area contributed by atoms with Crippen LogP contribution in [0.1, 0.15) is 12.8 Å². The Hall–Kier alpha value is -0.810. The van der Waals surface area contributed by atoms with Crippen LogP contribution in [0.25, 0.3) is 0 Å². The molecule has 0 bridgehead atoms. The number of nitrogens with zero attached hydrogens (tertiary/aromatic N) is 3. The van der Waals surface area contributed by atoms with Gasteiger partial charge in [0, 0.05) is 36.8 Å². The molecule has 2 aliphatic rings. The lowest BCUT2D eigenvalue weighted by Crippen LogP contribution is -2.54. The Balaban J connectivity index is 1.61. The number of rotatable bonds is 2. The normalized spacial score (nSPS) is 19.7. The van der Waals surface area contributed by atoms with Crippen molar-refractivity contribution in [3.63, 3.8) is 0 Å². The Bertz CT molecular complexity index is 499.